The van der Waals surface area contributed by atoms with E-state index in [0.717, 1.165) is 5.76 Å². The second-order valence-corrected chi connectivity index (χ2v) is 7.05. The number of furan rings is 1. The quantitative estimate of drug-likeness (QED) is 0.697. The molecule has 0 spiro atoms. The molecule has 0 unspecified atom stereocenters. The van der Waals surface area contributed by atoms with Gasteiger partial charge in [0.1, 0.15) is 11.6 Å². The lowest BCUT2D eigenvalue weighted by molar-refractivity contribution is 0.518. The number of benzene rings is 1. The zero-order valence-corrected chi connectivity index (χ0v) is 14.0. The smallest absolute Gasteiger partial charge is 0.261 e. The molecule has 6 nitrogen and oxygen atoms in total. The lowest BCUT2D eigenvalue weighted by Gasteiger charge is -2.09. The molecule has 3 aromatic rings. The SMILES string of the molecule is O=S(=O)(Nc1ccc(NCc2ccco2)nc1)c1cccc(Cl)c1. The van der Waals surface area contributed by atoms with E-state index in [0.29, 0.717) is 23.1 Å². The molecule has 2 aromatic heterocycles. The average Bonchev–Trinajstić information content (AvgIpc) is 3.07. The van der Waals surface area contributed by atoms with Crippen molar-refractivity contribution in [2.24, 2.45) is 0 Å². The van der Waals surface area contributed by atoms with E-state index in [-0.39, 0.29) is 4.90 Å². The summed E-state index contributed by atoms with van der Waals surface area (Å²) in [5.41, 5.74) is 0.360. The predicted octanol–water partition coefficient (Wildman–Crippen LogP) is 3.74. The number of sulfonamides is 1. The topological polar surface area (TPSA) is 84.2 Å². The highest BCUT2D eigenvalue weighted by molar-refractivity contribution is 7.92. The zero-order chi connectivity index (χ0) is 17.0. The van der Waals surface area contributed by atoms with Gasteiger partial charge in [0.05, 0.1) is 29.6 Å². The minimum atomic E-state index is -3.71. The molecule has 2 heterocycles. The maximum absolute atomic E-state index is 12.3. The molecule has 0 aliphatic carbocycles. The fraction of sp³-hybridized carbons (Fsp3) is 0.0625. The Morgan fingerprint density at radius 2 is 2.00 bits per heavy atom. The predicted molar refractivity (Wildman–Crippen MR) is 92.5 cm³/mol. The molecule has 0 saturated carbocycles. The lowest BCUT2D eigenvalue weighted by Crippen LogP contribution is -2.13. The molecular weight excluding hydrogens is 350 g/mol. The van der Waals surface area contributed by atoms with Crippen LogP contribution in [-0.4, -0.2) is 13.4 Å². The van der Waals surface area contributed by atoms with Crippen molar-refractivity contribution in [1.82, 2.24) is 4.98 Å². The Kier molecular flexibility index (Phi) is 4.73. The molecule has 0 atom stereocenters. The Bertz CT molecular complexity index is 910. The van der Waals surface area contributed by atoms with Gasteiger partial charge in [-0.3, -0.25) is 4.72 Å². The normalized spacial score (nSPS) is 11.2. The Labute approximate surface area is 144 Å². The molecule has 24 heavy (non-hydrogen) atoms. The second kappa shape index (κ2) is 6.94. The maximum atomic E-state index is 12.3. The number of halogens is 1. The molecule has 2 N–H and O–H groups in total. The van der Waals surface area contributed by atoms with Gasteiger partial charge in [-0.15, -0.1) is 0 Å². The van der Waals surface area contributed by atoms with Crippen LogP contribution < -0.4 is 10.0 Å². The van der Waals surface area contributed by atoms with Crippen molar-refractivity contribution >= 4 is 33.1 Å². The Morgan fingerprint density at radius 1 is 1.12 bits per heavy atom. The van der Waals surface area contributed by atoms with Gasteiger partial charge in [0.25, 0.3) is 10.0 Å². The first kappa shape index (κ1) is 16.4. The molecular formula is C16H14ClN3O3S. The molecule has 3 rings (SSSR count). The van der Waals surface area contributed by atoms with Crippen molar-refractivity contribution in [3.63, 3.8) is 0 Å². The highest BCUT2D eigenvalue weighted by Crippen LogP contribution is 2.19. The van der Waals surface area contributed by atoms with E-state index in [9.17, 15) is 8.42 Å². The zero-order valence-electron chi connectivity index (χ0n) is 12.4. The first-order valence-electron chi connectivity index (χ1n) is 7.04. The van der Waals surface area contributed by atoms with E-state index in [2.05, 4.69) is 15.0 Å². The van der Waals surface area contributed by atoms with Crippen molar-refractivity contribution in [2.75, 3.05) is 10.0 Å². The summed E-state index contributed by atoms with van der Waals surface area (Å²) in [7, 11) is -3.71. The van der Waals surface area contributed by atoms with Crippen LogP contribution in [0.2, 0.25) is 5.02 Å². The summed E-state index contributed by atoms with van der Waals surface area (Å²) in [4.78, 5) is 4.26. The first-order chi connectivity index (χ1) is 11.5. The summed E-state index contributed by atoms with van der Waals surface area (Å²) in [6, 6.07) is 13.0. The standard InChI is InChI=1S/C16H14ClN3O3S/c17-12-3-1-5-15(9-12)24(21,22)20-13-6-7-16(18-10-13)19-11-14-4-2-8-23-14/h1-10,20H,11H2,(H,18,19). The average molecular weight is 364 g/mol. The van der Waals surface area contributed by atoms with Crippen molar-refractivity contribution in [3.8, 4) is 0 Å². The summed E-state index contributed by atoms with van der Waals surface area (Å²) < 4.78 is 32.3. The summed E-state index contributed by atoms with van der Waals surface area (Å²) in [6.45, 7) is 0.494. The van der Waals surface area contributed by atoms with Crippen LogP contribution in [0.15, 0.2) is 70.3 Å². The van der Waals surface area contributed by atoms with E-state index in [4.69, 9.17) is 16.0 Å². The van der Waals surface area contributed by atoms with Crippen LogP contribution in [0.3, 0.4) is 0 Å². The summed E-state index contributed by atoms with van der Waals surface area (Å²) in [5.74, 6) is 1.39. The van der Waals surface area contributed by atoms with E-state index >= 15 is 0 Å². The lowest BCUT2D eigenvalue weighted by atomic mass is 10.4. The number of anilines is 2. The third kappa shape index (κ3) is 4.06. The number of pyridine rings is 1. The fourth-order valence-electron chi connectivity index (χ4n) is 2.00. The largest absolute Gasteiger partial charge is 0.467 e. The Balaban J connectivity index is 1.67. The summed E-state index contributed by atoms with van der Waals surface area (Å²) >= 11 is 5.83. The van der Waals surface area contributed by atoms with Gasteiger partial charge in [0.2, 0.25) is 0 Å². The van der Waals surface area contributed by atoms with E-state index in [1.165, 1.54) is 18.3 Å². The minimum Gasteiger partial charge on any atom is -0.467 e. The van der Waals surface area contributed by atoms with Gasteiger partial charge in [-0.1, -0.05) is 17.7 Å². The van der Waals surface area contributed by atoms with Crippen LogP contribution in [0, 0.1) is 0 Å². The molecule has 0 amide bonds. The number of nitrogens with one attached hydrogen (secondary N) is 2. The van der Waals surface area contributed by atoms with Crippen molar-refractivity contribution in [1.29, 1.82) is 0 Å². The van der Waals surface area contributed by atoms with Crippen molar-refractivity contribution in [3.05, 3.63) is 71.8 Å². The molecule has 0 radical (unpaired) electrons. The van der Waals surface area contributed by atoms with Crippen LogP contribution in [0.25, 0.3) is 0 Å². The van der Waals surface area contributed by atoms with E-state index in [1.54, 1.807) is 36.6 Å². The van der Waals surface area contributed by atoms with Gasteiger partial charge < -0.3 is 9.73 Å². The second-order valence-electron chi connectivity index (χ2n) is 4.93. The van der Waals surface area contributed by atoms with Crippen LogP contribution >= 0.6 is 11.6 Å². The van der Waals surface area contributed by atoms with Crippen LogP contribution in [0.5, 0.6) is 0 Å². The molecule has 0 saturated heterocycles. The Morgan fingerprint density at radius 3 is 2.67 bits per heavy atom. The van der Waals surface area contributed by atoms with Crippen molar-refractivity contribution < 1.29 is 12.8 Å². The van der Waals surface area contributed by atoms with Gasteiger partial charge in [-0.2, -0.15) is 0 Å². The molecule has 8 heteroatoms. The molecule has 0 aliphatic rings. The van der Waals surface area contributed by atoms with Crippen molar-refractivity contribution in [2.45, 2.75) is 11.4 Å². The van der Waals surface area contributed by atoms with Gasteiger partial charge >= 0.3 is 0 Å². The van der Waals surface area contributed by atoms with Gasteiger partial charge in [-0.25, -0.2) is 13.4 Å². The fourth-order valence-corrected chi connectivity index (χ4v) is 3.34. The van der Waals surface area contributed by atoms with Gasteiger partial charge in [-0.05, 0) is 42.5 Å². The van der Waals surface area contributed by atoms with Crippen LogP contribution in [0.4, 0.5) is 11.5 Å². The first-order valence-corrected chi connectivity index (χ1v) is 8.90. The number of hydrogen-bond acceptors (Lipinski definition) is 5. The molecule has 0 fully saturated rings. The van der Waals surface area contributed by atoms with E-state index < -0.39 is 10.0 Å². The molecule has 0 aliphatic heterocycles. The van der Waals surface area contributed by atoms with E-state index in [1.807, 2.05) is 6.07 Å². The maximum Gasteiger partial charge on any atom is 0.261 e. The third-order valence-corrected chi connectivity index (χ3v) is 4.76. The molecule has 0 bridgehead atoms. The Hall–Kier alpha value is -2.51. The summed E-state index contributed by atoms with van der Waals surface area (Å²) in [5, 5.41) is 3.43. The van der Waals surface area contributed by atoms with Gasteiger partial charge in [0.15, 0.2) is 0 Å². The van der Waals surface area contributed by atoms with Gasteiger partial charge in [0, 0.05) is 5.02 Å². The third-order valence-electron chi connectivity index (χ3n) is 3.15. The number of hydrogen-bond donors (Lipinski definition) is 2. The molecule has 1 aromatic carbocycles. The minimum absolute atomic E-state index is 0.0926. The molecule has 124 valence electrons. The number of aromatic nitrogens is 1. The highest BCUT2D eigenvalue weighted by atomic mass is 35.5. The van der Waals surface area contributed by atoms with Crippen LogP contribution in [-0.2, 0) is 16.6 Å². The monoisotopic (exact) mass is 363 g/mol. The number of rotatable bonds is 6. The summed E-state index contributed by atoms with van der Waals surface area (Å²) in [6.07, 6.45) is 3.03. The number of nitrogens with zero attached hydrogens (tertiary/aromatic N) is 1. The highest BCUT2D eigenvalue weighted by Gasteiger charge is 2.14. The van der Waals surface area contributed by atoms with Crippen LogP contribution in [0.1, 0.15) is 5.76 Å².